The first kappa shape index (κ1) is 8.78. The molecule has 0 aromatic heterocycles. The van der Waals surface area contributed by atoms with Gasteiger partial charge in [0.1, 0.15) is 0 Å². The van der Waals surface area contributed by atoms with Crippen LogP contribution in [0.1, 0.15) is 18.4 Å². The van der Waals surface area contributed by atoms with E-state index in [1.807, 2.05) is 0 Å². The molecule has 0 atom stereocenters. The van der Waals surface area contributed by atoms with Gasteiger partial charge in [-0.1, -0.05) is 24.3 Å². The van der Waals surface area contributed by atoms with Gasteiger partial charge in [0, 0.05) is 12.2 Å². The summed E-state index contributed by atoms with van der Waals surface area (Å²) in [5.74, 6) is 0. The standard InChI is InChI=1S/C14H15N/c1-2-6-12-10-14-13(9-11(12)5-1)7-3-4-8-15-14/h1-2,5-6,9-10,15H,3-4,7-8H2. The number of aryl methyl sites for hydroxylation is 1. The molecule has 2 aromatic rings. The van der Waals surface area contributed by atoms with Gasteiger partial charge in [0.15, 0.2) is 0 Å². The smallest absolute Gasteiger partial charge is 0.0379 e. The Morgan fingerprint density at radius 2 is 1.73 bits per heavy atom. The average molecular weight is 197 g/mol. The number of fused-ring (bicyclic) bond motifs is 2. The molecule has 0 amide bonds. The van der Waals surface area contributed by atoms with Gasteiger partial charge in [0.2, 0.25) is 0 Å². The van der Waals surface area contributed by atoms with Crippen molar-refractivity contribution in [2.75, 3.05) is 11.9 Å². The molecule has 3 rings (SSSR count). The summed E-state index contributed by atoms with van der Waals surface area (Å²) >= 11 is 0. The Balaban J connectivity index is 2.20. The van der Waals surface area contributed by atoms with E-state index in [9.17, 15) is 0 Å². The molecule has 1 heterocycles. The predicted octanol–water partition coefficient (Wildman–Crippen LogP) is 3.59. The second-order valence-electron chi connectivity index (χ2n) is 4.24. The highest BCUT2D eigenvalue weighted by molar-refractivity contribution is 5.87. The summed E-state index contributed by atoms with van der Waals surface area (Å²) in [7, 11) is 0. The van der Waals surface area contributed by atoms with Gasteiger partial charge in [0.05, 0.1) is 0 Å². The summed E-state index contributed by atoms with van der Waals surface area (Å²) in [4.78, 5) is 0. The van der Waals surface area contributed by atoms with Crippen molar-refractivity contribution < 1.29 is 0 Å². The molecule has 0 bridgehead atoms. The van der Waals surface area contributed by atoms with Crippen molar-refractivity contribution in [2.45, 2.75) is 19.3 Å². The maximum atomic E-state index is 3.52. The van der Waals surface area contributed by atoms with E-state index in [2.05, 4.69) is 41.7 Å². The van der Waals surface area contributed by atoms with Crippen LogP contribution in [-0.2, 0) is 6.42 Å². The largest absolute Gasteiger partial charge is 0.385 e. The van der Waals surface area contributed by atoms with Gasteiger partial charge in [-0.25, -0.2) is 0 Å². The Hall–Kier alpha value is -1.50. The zero-order valence-corrected chi connectivity index (χ0v) is 8.79. The molecule has 1 nitrogen and oxygen atoms in total. The molecule has 1 aliphatic heterocycles. The van der Waals surface area contributed by atoms with E-state index >= 15 is 0 Å². The van der Waals surface area contributed by atoms with Crippen molar-refractivity contribution in [3.8, 4) is 0 Å². The van der Waals surface area contributed by atoms with Crippen LogP contribution in [0.2, 0.25) is 0 Å². The fraction of sp³-hybridized carbons (Fsp3) is 0.286. The second kappa shape index (κ2) is 3.58. The molecule has 76 valence electrons. The molecule has 0 spiro atoms. The van der Waals surface area contributed by atoms with Gasteiger partial charge in [-0.2, -0.15) is 0 Å². The Morgan fingerprint density at radius 3 is 2.60 bits per heavy atom. The van der Waals surface area contributed by atoms with Gasteiger partial charge in [0.25, 0.3) is 0 Å². The van der Waals surface area contributed by atoms with E-state index in [1.165, 1.54) is 41.3 Å². The molecule has 0 aliphatic carbocycles. The highest BCUT2D eigenvalue weighted by Crippen LogP contribution is 2.27. The van der Waals surface area contributed by atoms with Gasteiger partial charge < -0.3 is 5.32 Å². The average Bonchev–Trinajstić information content (AvgIpc) is 2.50. The second-order valence-corrected chi connectivity index (χ2v) is 4.24. The molecule has 15 heavy (non-hydrogen) atoms. The van der Waals surface area contributed by atoms with Crippen LogP contribution < -0.4 is 5.32 Å². The van der Waals surface area contributed by atoms with Crippen LogP contribution in [0.5, 0.6) is 0 Å². The van der Waals surface area contributed by atoms with Crippen molar-refractivity contribution in [2.24, 2.45) is 0 Å². The lowest BCUT2D eigenvalue weighted by atomic mass is 10.0. The molecule has 0 saturated heterocycles. The van der Waals surface area contributed by atoms with E-state index in [4.69, 9.17) is 0 Å². The predicted molar refractivity (Wildman–Crippen MR) is 65.4 cm³/mol. The maximum Gasteiger partial charge on any atom is 0.0379 e. The van der Waals surface area contributed by atoms with Crippen molar-refractivity contribution in [1.82, 2.24) is 0 Å². The normalized spacial score (nSPS) is 15.5. The molecule has 1 aliphatic rings. The molecule has 0 radical (unpaired) electrons. The van der Waals surface area contributed by atoms with Gasteiger partial charge in [-0.05, 0) is 47.7 Å². The highest BCUT2D eigenvalue weighted by Gasteiger charge is 2.07. The lowest BCUT2D eigenvalue weighted by molar-refractivity contribution is 0.786. The molecule has 0 saturated carbocycles. The van der Waals surface area contributed by atoms with Crippen LogP contribution in [0.15, 0.2) is 36.4 Å². The van der Waals surface area contributed by atoms with Gasteiger partial charge >= 0.3 is 0 Å². The number of nitrogens with one attached hydrogen (secondary N) is 1. The summed E-state index contributed by atoms with van der Waals surface area (Å²) in [5, 5.41) is 6.22. The lowest BCUT2D eigenvalue weighted by Gasteiger charge is -2.09. The minimum Gasteiger partial charge on any atom is -0.385 e. The van der Waals surface area contributed by atoms with Crippen LogP contribution in [0, 0.1) is 0 Å². The van der Waals surface area contributed by atoms with Crippen LogP contribution in [0.3, 0.4) is 0 Å². The van der Waals surface area contributed by atoms with E-state index in [0.29, 0.717) is 0 Å². The molecule has 0 fully saturated rings. The van der Waals surface area contributed by atoms with Crippen LogP contribution in [-0.4, -0.2) is 6.54 Å². The van der Waals surface area contributed by atoms with Gasteiger partial charge in [-0.3, -0.25) is 0 Å². The summed E-state index contributed by atoms with van der Waals surface area (Å²) in [6.45, 7) is 1.12. The number of hydrogen-bond donors (Lipinski definition) is 1. The maximum absolute atomic E-state index is 3.52. The zero-order chi connectivity index (χ0) is 10.1. The van der Waals surface area contributed by atoms with E-state index in [0.717, 1.165) is 6.54 Å². The topological polar surface area (TPSA) is 12.0 Å². The van der Waals surface area contributed by atoms with Gasteiger partial charge in [-0.15, -0.1) is 0 Å². The molecule has 1 heteroatoms. The van der Waals surface area contributed by atoms with E-state index in [1.54, 1.807) is 0 Å². The SMILES string of the molecule is c1ccc2cc3c(cc2c1)CCCCN3. The number of benzene rings is 2. The first-order valence-corrected chi connectivity index (χ1v) is 5.69. The monoisotopic (exact) mass is 197 g/mol. The molecule has 2 aromatic carbocycles. The summed E-state index contributed by atoms with van der Waals surface area (Å²) in [6, 6.07) is 13.2. The first-order valence-electron chi connectivity index (χ1n) is 5.69. The van der Waals surface area contributed by atoms with Crippen molar-refractivity contribution in [3.63, 3.8) is 0 Å². The van der Waals surface area contributed by atoms with E-state index in [-0.39, 0.29) is 0 Å². The van der Waals surface area contributed by atoms with Crippen molar-refractivity contribution in [1.29, 1.82) is 0 Å². The third kappa shape index (κ3) is 1.58. The van der Waals surface area contributed by atoms with Crippen LogP contribution in [0.25, 0.3) is 10.8 Å². The zero-order valence-electron chi connectivity index (χ0n) is 8.79. The minimum atomic E-state index is 1.12. The minimum absolute atomic E-state index is 1.12. The number of anilines is 1. The quantitative estimate of drug-likeness (QED) is 0.680. The number of hydrogen-bond acceptors (Lipinski definition) is 1. The van der Waals surface area contributed by atoms with Crippen molar-refractivity contribution >= 4 is 16.5 Å². The van der Waals surface area contributed by atoms with Crippen molar-refractivity contribution in [3.05, 3.63) is 42.0 Å². The molecular weight excluding hydrogens is 182 g/mol. The van der Waals surface area contributed by atoms with Crippen LogP contribution in [0.4, 0.5) is 5.69 Å². The fourth-order valence-electron chi connectivity index (χ4n) is 2.32. The summed E-state index contributed by atoms with van der Waals surface area (Å²) in [5.41, 5.74) is 2.82. The summed E-state index contributed by atoms with van der Waals surface area (Å²) < 4.78 is 0. The highest BCUT2D eigenvalue weighted by atomic mass is 14.9. The first-order chi connectivity index (χ1) is 7.43. The lowest BCUT2D eigenvalue weighted by Crippen LogP contribution is -1.99. The Bertz CT molecular complexity index is 443. The third-order valence-corrected chi connectivity index (χ3v) is 3.16. The number of rotatable bonds is 0. The molecule has 0 unspecified atom stereocenters. The summed E-state index contributed by atoms with van der Waals surface area (Å²) in [6.07, 6.45) is 3.80. The Labute approximate surface area is 90.1 Å². The molecule has 1 N–H and O–H groups in total. The molecular formula is C14H15N. The third-order valence-electron chi connectivity index (χ3n) is 3.16. The Morgan fingerprint density at radius 1 is 0.933 bits per heavy atom. The van der Waals surface area contributed by atoms with Crippen LogP contribution >= 0.6 is 0 Å². The fourth-order valence-corrected chi connectivity index (χ4v) is 2.32. The Kier molecular flexibility index (Phi) is 2.09. The van der Waals surface area contributed by atoms with E-state index < -0.39 is 0 Å².